The van der Waals surface area contributed by atoms with Gasteiger partial charge in [0.2, 0.25) is 0 Å². The zero-order chi connectivity index (χ0) is 19.5. The summed E-state index contributed by atoms with van der Waals surface area (Å²) in [5.74, 6) is 0. The average molecular weight is 386 g/mol. The second kappa shape index (κ2) is 11.0. The van der Waals surface area contributed by atoms with E-state index in [9.17, 15) is 0 Å². The van der Waals surface area contributed by atoms with Crippen molar-refractivity contribution in [2.24, 2.45) is 0 Å². The molecule has 0 heterocycles. The molecule has 27 heavy (non-hydrogen) atoms. The third-order valence-electron chi connectivity index (χ3n) is 4.04. The van der Waals surface area contributed by atoms with Gasteiger partial charge in [-0.2, -0.15) is 0 Å². The molecule has 0 unspecified atom stereocenters. The first-order valence-corrected chi connectivity index (χ1v) is 11.3. The van der Waals surface area contributed by atoms with E-state index in [2.05, 4.69) is 54.0 Å². The monoisotopic (exact) mass is 385 g/mol. The minimum Gasteiger partial charge on any atom is -0.357 e. The van der Waals surface area contributed by atoms with Gasteiger partial charge in [-0.05, 0) is 58.0 Å². The van der Waals surface area contributed by atoms with Gasteiger partial charge in [0.05, 0.1) is 0 Å². The van der Waals surface area contributed by atoms with Crippen molar-refractivity contribution >= 4 is 14.7 Å². The molecule has 0 atom stereocenters. The minimum absolute atomic E-state index is 0.529. The van der Waals surface area contributed by atoms with Gasteiger partial charge >= 0.3 is 8.97 Å². The number of rotatable bonds is 11. The van der Waals surface area contributed by atoms with Crippen LogP contribution in [0.1, 0.15) is 31.9 Å². The number of allylic oxidation sites excluding steroid dienone is 1. The first-order valence-electron chi connectivity index (χ1n) is 9.63. The Kier molecular flexibility index (Phi) is 8.74. The maximum Gasteiger partial charge on any atom is 0.637 e. The molecule has 0 aliphatic carbocycles. The molecule has 146 valence electrons. The van der Waals surface area contributed by atoms with Crippen LogP contribution in [0.5, 0.6) is 0 Å². The minimum atomic E-state index is -3.07. The van der Waals surface area contributed by atoms with Gasteiger partial charge in [-0.25, -0.2) is 0 Å². The van der Waals surface area contributed by atoms with Crippen LogP contribution in [0.25, 0.3) is 0 Å². The molecule has 0 amide bonds. The van der Waals surface area contributed by atoms with Crippen molar-refractivity contribution < 1.29 is 13.3 Å². The summed E-state index contributed by atoms with van der Waals surface area (Å²) in [5.41, 5.74) is 3.53. The Hall–Kier alpha value is -1.92. The number of anilines is 1. The summed E-state index contributed by atoms with van der Waals surface area (Å²) >= 11 is 0. The molecule has 0 bridgehead atoms. The van der Waals surface area contributed by atoms with Gasteiger partial charge in [0, 0.05) is 25.5 Å². The van der Waals surface area contributed by atoms with Crippen LogP contribution in [0.4, 0.5) is 5.69 Å². The SMILES string of the molecule is CCO[Si](OCC)(OCC)N(/C=C/Cc1ccc(C)cc1)c1ccccc1. The van der Waals surface area contributed by atoms with E-state index in [1.165, 1.54) is 11.1 Å². The van der Waals surface area contributed by atoms with E-state index in [0.717, 1.165) is 12.1 Å². The number of hydrogen-bond acceptors (Lipinski definition) is 4. The summed E-state index contributed by atoms with van der Waals surface area (Å²) in [6.45, 7) is 9.60. The van der Waals surface area contributed by atoms with Crippen LogP contribution < -0.4 is 4.57 Å². The second-order valence-corrected chi connectivity index (χ2v) is 8.50. The second-order valence-electron chi connectivity index (χ2n) is 6.10. The van der Waals surface area contributed by atoms with Crippen molar-refractivity contribution in [3.05, 3.63) is 78.0 Å². The molecule has 4 nitrogen and oxygen atoms in total. The largest absolute Gasteiger partial charge is 0.637 e. The fraction of sp³-hybridized carbons (Fsp3) is 0.364. The van der Waals surface area contributed by atoms with Crippen LogP contribution in [0.2, 0.25) is 0 Å². The summed E-state index contributed by atoms with van der Waals surface area (Å²) in [6, 6.07) is 18.7. The Labute approximate surface area is 164 Å². The van der Waals surface area contributed by atoms with Gasteiger partial charge in [0.15, 0.2) is 0 Å². The van der Waals surface area contributed by atoms with Crippen LogP contribution in [0.15, 0.2) is 66.9 Å². The molecule has 0 N–H and O–H groups in total. The lowest BCUT2D eigenvalue weighted by molar-refractivity contribution is 0.0717. The van der Waals surface area contributed by atoms with Crippen LogP contribution in [-0.2, 0) is 19.7 Å². The molecule has 0 fully saturated rings. The molecular formula is C22H31NO3Si. The molecule has 2 rings (SSSR count). The van der Waals surface area contributed by atoms with Crippen molar-refractivity contribution in [1.82, 2.24) is 0 Å². The van der Waals surface area contributed by atoms with Crippen molar-refractivity contribution in [3.63, 3.8) is 0 Å². The highest BCUT2D eigenvalue weighted by molar-refractivity contribution is 6.65. The van der Waals surface area contributed by atoms with Crippen molar-refractivity contribution in [2.45, 2.75) is 34.1 Å². The van der Waals surface area contributed by atoms with Crippen molar-refractivity contribution in [1.29, 1.82) is 0 Å². The molecule has 2 aromatic rings. The molecular weight excluding hydrogens is 354 g/mol. The van der Waals surface area contributed by atoms with Gasteiger partial charge in [0.25, 0.3) is 0 Å². The summed E-state index contributed by atoms with van der Waals surface area (Å²) in [5, 5.41) is 0. The summed E-state index contributed by atoms with van der Waals surface area (Å²) in [6.07, 6.45) is 5.01. The highest BCUT2D eigenvalue weighted by atomic mass is 28.4. The van der Waals surface area contributed by atoms with Crippen molar-refractivity contribution in [2.75, 3.05) is 24.4 Å². The molecule has 5 heteroatoms. The molecule has 0 spiro atoms. The van der Waals surface area contributed by atoms with E-state index >= 15 is 0 Å². The van der Waals surface area contributed by atoms with Gasteiger partial charge in [-0.15, -0.1) is 0 Å². The summed E-state index contributed by atoms with van der Waals surface area (Å²) < 4.78 is 20.4. The first-order chi connectivity index (χ1) is 13.1. The van der Waals surface area contributed by atoms with Crippen LogP contribution in [0, 0.1) is 6.92 Å². The van der Waals surface area contributed by atoms with E-state index in [1.54, 1.807) is 0 Å². The zero-order valence-electron chi connectivity index (χ0n) is 16.9. The van der Waals surface area contributed by atoms with Crippen LogP contribution in [0.3, 0.4) is 0 Å². The van der Waals surface area contributed by atoms with E-state index in [0.29, 0.717) is 19.8 Å². The highest BCUT2D eigenvalue weighted by Gasteiger charge is 2.48. The number of aryl methyl sites for hydroxylation is 1. The number of hydrogen-bond donors (Lipinski definition) is 0. The third kappa shape index (κ3) is 6.04. The quantitative estimate of drug-likeness (QED) is 0.503. The first kappa shape index (κ1) is 21.4. The summed E-state index contributed by atoms with van der Waals surface area (Å²) in [7, 11) is -3.07. The Balaban J connectivity index is 2.33. The van der Waals surface area contributed by atoms with Gasteiger partial charge in [-0.3, -0.25) is 0 Å². The fourth-order valence-corrected chi connectivity index (χ4v) is 5.34. The molecule has 0 saturated heterocycles. The predicted molar refractivity (Wildman–Crippen MR) is 114 cm³/mol. The molecule has 0 aliphatic heterocycles. The van der Waals surface area contributed by atoms with E-state index < -0.39 is 8.97 Å². The maximum atomic E-state index is 6.11. The number of para-hydroxylation sites is 1. The molecule has 2 aromatic carbocycles. The highest BCUT2D eigenvalue weighted by Crippen LogP contribution is 2.25. The lowest BCUT2D eigenvalue weighted by Gasteiger charge is -2.36. The predicted octanol–water partition coefficient (Wildman–Crippen LogP) is 5.10. The van der Waals surface area contributed by atoms with Gasteiger partial charge in [-0.1, -0.05) is 54.1 Å². The van der Waals surface area contributed by atoms with Gasteiger partial charge < -0.3 is 17.8 Å². The third-order valence-corrected chi connectivity index (χ3v) is 7.00. The molecule has 0 saturated carbocycles. The standard InChI is InChI=1S/C22H31NO3Si/c1-5-24-27(25-6-2,26-7-3)23(22-13-9-8-10-14-22)19-11-12-21-17-15-20(4)16-18-21/h8-11,13-19H,5-7,12H2,1-4H3/b19-11+. The smallest absolute Gasteiger partial charge is 0.357 e. The lowest BCUT2D eigenvalue weighted by atomic mass is 10.1. The topological polar surface area (TPSA) is 30.9 Å². The molecule has 0 radical (unpaired) electrons. The van der Waals surface area contributed by atoms with Crippen LogP contribution in [-0.4, -0.2) is 28.8 Å². The normalized spacial score (nSPS) is 11.9. The van der Waals surface area contributed by atoms with Crippen molar-refractivity contribution in [3.8, 4) is 0 Å². The fourth-order valence-electron chi connectivity index (χ4n) is 2.82. The Morgan fingerprint density at radius 2 is 1.37 bits per heavy atom. The molecule has 0 aliphatic rings. The average Bonchev–Trinajstić information content (AvgIpc) is 2.68. The summed E-state index contributed by atoms with van der Waals surface area (Å²) in [4.78, 5) is 0. The zero-order valence-corrected chi connectivity index (χ0v) is 17.9. The molecule has 0 aromatic heterocycles. The Bertz CT molecular complexity index is 671. The Morgan fingerprint density at radius 3 is 1.89 bits per heavy atom. The van der Waals surface area contributed by atoms with E-state index in [4.69, 9.17) is 13.3 Å². The van der Waals surface area contributed by atoms with E-state index in [1.807, 2.05) is 45.2 Å². The van der Waals surface area contributed by atoms with Crippen LogP contribution >= 0.6 is 0 Å². The maximum absolute atomic E-state index is 6.11. The van der Waals surface area contributed by atoms with Gasteiger partial charge in [0.1, 0.15) is 0 Å². The Morgan fingerprint density at radius 1 is 0.815 bits per heavy atom. The number of benzene rings is 2. The lowest BCUT2D eigenvalue weighted by Crippen LogP contribution is -2.59. The van der Waals surface area contributed by atoms with E-state index in [-0.39, 0.29) is 0 Å². The number of nitrogens with zero attached hydrogens (tertiary/aromatic N) is 1.